The molecule has 0 unspecified atom stereocenters. The van der Waals surface area contributed by atoms with E-state index in [1.807, 2.05) is 30.3 Å². The number of ether oxygens (including phenoxy) is 2. The fraction of sp³-hybridized carbons (Fsp3) is 0.214. The van der Waals surface area contributed by atoms with Crippen molar-refractivity contribution in [3.8, 4) is 11.5 Å². The van der Waals surface area contributed by atoms with Crippen LogP contribution in [0.1, 0.15) is 28.6 Å². The third kappa shape index (κ3) is 4.13. The van der Waals surface area contributed by atoms with Crippen LogP contribution in [0.15, 0.2) is 71.5 Å². The fourth-order valence-electron chi connectivity index (χ4n) is 5.11. The molecule has 6 rings (SSSR count). The molecule has 10 heteroatoms. The summed E-state index contributed by atoms with van der Waals surface area (Å²) >= 11 is 0. The number of pyridine rings is 1. The Morgan fingerprint density at radius 1 is 1.03 bits per heavy atom. The van der Waals surface area contributed by atoms with E-state index in [0.717, 1.165) is 23.1 Å². The van der Waals surface area contributed by atoms with Crippen molar-refractivity contribution < 1.29 is 13.9 Å². The Balaban J connectivity index is 1.52. The number of halogens is 1. The van der Waals surface area contributed by atoms with Crippen molar-refractivity contribution in [3.63, 3.8) is 0 Å². The Hall–Kier alpha value is -4.73. The summed E-state index contributed by atoms with van der Waals surface area (Å²) in [5.74, 6) is 1.28. The number of tetrazole rings is 1. The van der Waals surface area contributed by atoms with Gasteiger partial charge in [0.25, 0.3) is 5.56 Å². The number of nitrogens with one attached hydrogen (secondary N) is 1. The van der Waals surface area contributed by atoms with Crippen LogP contribution in [0.4, 0.5) is 10.1 Å². The molecule has 9 nitrogen and oxygen atoms in total. The van der Waals surface area contributed by atoms with Crippen LogP contribution in [-0.4, -0.2) is 46.0 Å². The quantitative estimate of drug-likeness (QED) is 0.354. The van der Waals surface area contributed by atoms with Crippen molar-refractivity contribution in [1.82, 2.24) is 25.2 Å². The number of nitrogens with zero attached hydrogens (tertiary/aromatic N) is 5. The van der Waals surface area contributed by atoms with Crippen molar-refractivity contribution in [1.29, 1.82) is 0 Å². The van der Waals surface area contributed by atoms with E-state index in [1.165, 1.54) is 17.7 Å². The third-order valence-corrected chi connectivity index (χ3v) is 6.96. The first-order valence-corrected chi connectivity index (χ1v) is 12.2. The smallest absolute Gasteiger partial charge is 0.254 e. The molecule has 0 saturated carbocycles. The molecule has 3 heterocycles. The lowest BCUT2D eigenvalue weighted by atomic mass is 10.0. The van der Waals surface area contributed by atoms with E-state index in [4.69, 9.17) is 9.47 Å². The van der Waals surface area contributed by atoms with Gasteiger partial charge in [-0.25, -0.2) is 9.07 Å². The summed E-state index contributed by atoms with van der Waals surface area (Å²) in [4.78, 5) is 18.8. The Labute approximate surface area is 217 Å². The molecule has 0 aliphatic carbocycles. The van der Waals surface area contributed by atoms with Gasteiger partial charge in [0.2, 0.25) is 0 Å². The molecule has 0 spiro atoms. The van der Waals surface area contributed by atoms with Crippen LogP contribution < -0.4 is 19.9 Å². The van der Waals surface area contributed by atoms with Crippen LogP contribution in [0.25, 0.3) is 10.9 Å². The van der Waals surface area contributed by atoms with Gasteiger partial charge in [0.1, 0.15) is 11.9 Å². The second kappa shape index (κ2) is 9.62. The molecule has 0 amide bonds. The number of aromatic nitrogens is 5. The summed E-state index contributed by atoms with van der Waals surface area (Å²) in [6.07, 6.45) is 0.836. The first kappa shape index (κ1) is 23.7. The van der Waals surface area contributed by atoms with Gasteiger partial charge < -0.3 is 19.4 Å². The molecule has 5 aromatic rings. The first-order valence-electron chi connectivity index (χ1n) is 12.2. The molecule has 3 aromatic carbocycles. The lowest BCUT2D eigenvalue weighted by Gasteiger charge is -2.29. The van der Waals surface area contributed by atoms with Crippen LogP contribution in [0.5, 0.6) is 11.5 Å². The van der Waals surface area contributed by atoms with Gasteiger partial charge in [-0.15, -0.1) is 5.10 Å². The number of anilines is 1. The number of H-pyrrole nitrogens is 1. The predicted octanol–water partition coefficient (Wildman–Crippen LogP) is 3.87. The maximum Gasteiger partial charge on any atom is 0.254 e. The average Bonchev–Trinajstić information content (AvgIpc) is 3.57. The van der Waals surface area contributed by atoms with Crippen LogP contribution in [0.2, 0.25) is 0 Å². The fourth-order valence-corrected chi connectivity index (χ4v) is 5.11. The Bertz CT molecular complexity index is 1680. The zero-order valence-corrected chi connectivity index (χ0v) is 20.9. The van der Waals surface area contributed by atoms with Crippen LogP contribution in [0.3, 0.4) is 0 Å². The number of hydrogen-bond acceptors (Lipinski definition) is 7. The van der Waals surface area contributed by atoms with Gasteiger partial charge in [0.15, 0.2) is 17.3 Å². The molecular weight excluding hydrogens is 487 g/mol. The predicted molar refractivity (Wildman–Crippen MR) is 140 cm³/mol. The lowest BCUT2D eigenvalue weighted by Crippen LogP contribution is -2.34. The number of fused-ring (bicyclic) bond motifs is 2. The Morgan fingerprint density at radius 2 is 1.79 bits per heavy atom. The highest BCUT2D eigenvalue weighted by molar-refractivity contribution is 5.83. The number of aromatic amines is 1. The molecule has 0 radical (unpaired) electrons. The SMILES string of the molecule is COc1cc2cc([C@@H](c3nnnn3Cc3ccc(F)cc3)N3CCc4ccccc43)c(=O)[nH]c2cc1OC. The van der Waals surface area contributed by atoms with Crippen LogP contribution >= 0.6 is 0 Å². The molecule has 2 aromatic heterocycles. The van der Waals surface area contributed by atoms with Crippen molar-refractivity contribution >= 4 is 16.6 Å². The largest absolute Gasteiger partial charge is 0.493 e. The molecular formula is C28H25FN6O3. The minimum Gasteiger partial charge on any atom is -0.493 e. The van der Waals surface area contributed by atoms with Gasteiger partial charge in [0.05, 0.1) is 26.3 Å². The van der Waals surface area contributed by atoms with Crippen LogP contribution in [-0.2, 0) is 13.0 Å². The zero-order valence-electron chi connectivity index (χ0n) is 20.9. The number of rotatable bonds is 7. The van der Waals surface area contributed by atoms with E-state index in [9.17, 15) is 9.18 Å². The molecule has 1 atom stereocenters. The first-order chi connectivity index (χ1) is 18.6. The van der Waals surface area contributed by atoms with E-state index in [2.05, 4.69) is 31.5 Å². The summed E-state index contributed by atoms with van der Waals surface area (Å²) in [6.45, 7) is 1.02. The maximum atomic E-state index is 13.6. The third-order valence-electron chi connectivity index (χ3n) is 6.96. The summed E-state index contributed by atoms with van der Waals surface area (Å²) in [5.41, 5.74) is 3.93. The van der Waals surface area contributed by atoms with Crippen molar-refractivity contribution in [2.45, 2.75) is 19.0 Å². The van der Waals surface area contributed by atoms with Gasteiger partial charge in [-0.1, -0.05) is 30.3 Å². The van der Waals surface area contributed by atoms with Crippen molar-refractivity contribution in [3.05, 3.63) is 105 Å². The number of para-hydroxylation sites is 1. The highest BCUT2D eigenvalue weighted by Crippen LogP contribution is 2.38. The van der Waals surface area contributed by atoms with E-state index < -0.39 is 6.04 Å². The van der Waals surface area contributed by atoms with E-state index in [0.29, 0.717) is 41.5 Å². The highest BCUT2D eigenvalue weighted by atomic mass is 19.1. The summed E-state index contributed by atoms with van der Waals surface area (Å²) in [7, 11) is 3.13. The summed E-state index contributed by atoms with van der Waals surface area (Å²) < 4.78 is 26.1. The second-order valence-electron chi connectivity index (χ2n) is 9.14. The zero-order chi connectivity index (χ0) is 26.2. The molecule has 0 saturated heterocycles. The Morgan fingerprint density at radius 3 is 2.58 bits per heavy atom. The molecule has 0 fully saturated rings. The van der Waals surface area contributed by atoms with Gasteiger partial charge in [-0.3, -0.25) is 4.79 Å². The van der Waals surface area contributed by atoms with Gasteiger partial charge in [0, 0.05) is 29.2 Å². The standard InChI is InChI=1S/C28H25FN6O3/c1-37-24-14-19-13-21(28(36)30-22(19)15-25(24)38-2)26(34-12-11-18-5-3-4-6-23(18)34)27-31-32-33-35(27)16-17-7-9-20(29)10-8-17/h3-10,13-15,26H,11-12,16H2,1-2H3,(H,30,36)/t26-/m0/s1. The average molecular weight is 513 g/mol. The highest BCUT2D eigenvalue weighted by Gasteiger charge is 2.34. The van der Waals surface area contributed by atoms with Gasteiger partial charge in [-0.2, -0.15) is 0 Å². The molecule has 38 heavy (non-hydrogen) atoms. The number of methoxy groups -OCH3 is 2. The molecule has 192 valence electrons. The van der Waals surface area contributed by atoms with E-state index >= 15 is 0 Å². The summed E-state index contributed by atoms with van der Waals surface area (Å²) in [6, 6.07) is 19.2. The number of benzene rings is 3. The van der Waals surface area contributed by atoms with E-state index in [-0.39, 0.29) is 11.4 Å². The molecule has 1 aliphatic rings. The van der Waals surface area contributed by atoms with Gasteiger partial charge in [-0.05, 0) is 58.3 Å². The molecule has 1 aliphatic heterocycles. The minimum absolute atomic E-state index is 0.254. The van der Waals surface area contributed by atoms with Crippen LogP contribution in [0, 0.1) is 5.82 Å². The minimum atomic E-state index is -0.574. The van der Waals surface area contributed by atoms with Crippen molar-refractivity contribution in [2.24, 2.45) is 0 Å². The monoisotopic (exact) mass is 512 g/mol. The summed E-state index contributed by atoms with van der Waals surface area (Å²) in [5, 5.41) is 13.4. The topological polar surface area (TPSA) is 98.2 Å². The molecule has 0 bridgehead atoms. The van der Waals surface area contributed by atoms with Gasteiger partial charge >= 0.3 is 0 Å². The second-order valence-corrected chi connectivity index (χ2v) is 9.14. The normalized spacial score (nSPS) is 13.5. The van der Waals surface area contributed by atoms with E-state index in [1.54, 1.807) is 37.1 Å². The Kier molecular flexibility index (Phi) is 5.99. The van der Waals surface area contributed by atoms with Crippen molar-refractivity contribution in [2.75, 3.05) is 25.7 Å². The molecule has 1 N–H and O–H groups in total. The maximum absolute atomic E-state index is 13.6. The lowest BCUT2D eigenvalue weighted by molar-refractivity contribution is 0.356. The number of hydrogen-bond donors (Lipinski definition) is 1.